The van der Waals surface area contributed by atoms with Gasteiger partial charge in [0.1, 0.15) is 0 Å². The number of unbranched alkanes of at least 4 members (excludes halogenated alkanes) is 1. The Hall–Kier alpha value is -1.89. The average Bonchev–Trinajstić information content (AvgIpc) is 2.46. The Morgan fingerprint density at radius 1 is 1.23 bits per heavy atom. The minimum atomic E-state index is -3.28. The van der Waals surface area contributed by atoms with Gasteiger partial charge in [0.25, 0.3) is 0 Å². The first-order valence-corrected chi connectivity index (χ1v) is 8.80. The van der Waals surface area contributed by atoms with Gasteiger partial charge in [0.15, 0.2) is 9.84 Å². The van der Waals surface area contributed by atoms with E-state index in [4.69, 9.17) is 5.11 Å². The third kappa shape index (κ3) is 6.26. The first kappa shape index (κ1) is 18.2. The second kappa shape index (κ2) is 8.53. The number of carbonyl (C=O) groups is 2. The van der Waals surface area contributed by atoms with Crippen LogP contribution < -0.4 is 5.32 Å². The number of hydrogen-bond donors (Lipinski definition) is 2. The van der Waals surface area contributed by atoms with Crippen molar-refractivity contribution in [2.24, 2.45) is 0 Å². The number of nitrogens with one attached hydrogen (secondary N) is 1. The zero-order chi connectivity index (χ0) is 16.6. The smallest absolute Gasteiger partial charge is 0.303 e. The SMILES string of the molecule is CCS(=O)(=O)c1cccc(CC(=O)NCCCCC(=O)O)c1. The fourth-order valence-electron chi connectivity index (χ4n) is 1.89. The van der Waals surface area contributed by atoms with Crippen molar-refractivity contribution >= 4 is 21.7 Å². The van der Waals surface area contributed by atoms with Crippen LogP contribution in [0.25, 0.3) is 0 Å². The van der Waals surface area contributed by atoms with Crippen molar-refractivity contribution in [3.63, 3.8) is 0 Å². The Kier molecular flexibility index (Phi) is 7.04. The molecule has 0 aliphatic carbocycles. The first-order valence-electron chi connectivity index (χ1n) is 7.15. The van der Waals surface area contributed by atoms with Crippen LogP contribution in [0.1, 0.15) is 31.7 Å². The molecule has 0 aliphatic heterocycles. The van der Waals surface area contributed by atoms with Gasteiger partial charge in [-0.15, -0.1) is 0 Å². The number of sulfone groups is 1. The van der Waals surface area contributed by atoms with E-state index in [1.165, 1.54) is 12.1 Å². The van der Waals surface area contributed by atoms with Gasteiger partial charge < -0.3 is 10.4 Å². The predicted molar refractivity (Wildman–Crippen MR) is 82.4 cm³/mol. The highest BCUT2D eigenvalue weighted by Gasteiger charge is 2.12. The van der Waals surface area contributed by atoms with E-state index in [1.54, 1.807) is 19.1 Å². The van der Waals surface area contributed by atoms with E-state index < -0.39 is 15.8 Å². The van der Waals surface area contributed by atoms with Gasteiger partial charge in [-0.3, -0.25) is 9.59 Å². The second-order valence-corrected chi connectivity index (χ2v) is 7.21. The number of aliphatic carboxylic acids is 1. The molecule has 0 bridgehead atoms. The lowest BCUT2D eigenvalue weighted by Gasteiger charge is -2.07. The summed E-state index contributed by atoms with van der Waals surface area (Å²) in [5, 5.41) is 11.2. The third-order valence-electron chi connectivity index (χ3n) is 3.14. The van der Waals surface area contributed by atoms with Gasteiger partial charge in [0, 0.05) is 13.0 Å². The summed E-state index contributed by atoms with van der Waals surface area (Å²) in [7, 11) is -3.28. The van der Waals surface area contributed by atoms with E-state index in [0.717, 1.165) is 0 Å². The van der Waals surface area contributed by atoms with Crippen LogP contribution in [-0.4, -0.2) is 37.7 Å². The fraction of sp³-hybridized carbons (Fsp3) is 0.467. The van der Waals surface area contributed by atoms with Crippen molar-refractivity contribution in [2.45, 2.75) is 37.5 Å². The number of amides is 1. The normalized spacial score (nSPS) is 11.1. The van der Waals surface area contributed by atoms with E-state index in [1.807, 2.05) is 0 Å². The molecule has 0 spiro atoms. The number of hydrogen-bond acceptors (Lipinski definition) is 4. The summed E-state index contributed by atoms with van der Waals surface area (Å²) in [6, 6.07) is 6.37. The lowest BCUT2D eigenvalue weighted by atomic mass is 10.1. The van der Waals surface area contributed by atoms with Crippen LogP contribution in [0.4, 0.5) is 0 Å². The predicted octanol–water partition coefficient (Wildman–Crippen LogP) is 1.39. The molecule has 0 unspecified atom stereocenters. The van der Waals surface area contributed by atoms with E-state index in [-0.39, 0.29) is 29.4 Å². The van der Waals surface area contributed by atoms with Crippen LogP contribution in [0.5, 0.6) is 0 Å². The van der Waals surface area contributed by atoms with Crippen LogP contribution in [-0.2, 0) is 25.8 Å². The lowest BCUT2D eigenvalue weighted by Crippen LogP contribution is -2.26. The van der Waals surface area contributed by atoms with Crippen molar-refractivity contribution in [3.05, 3.63) is 29.8 Å². The van der Waals surface area contributed by atoms with Crippen LogP contribution in [0.2, 0.25) is 0 Å². The summed E-state index contributed by atoms with van der Waals surface area (Å²) >= 11 is 0. The zero-order valence-corrected chi connectivity index (χ0v) is 13.4. The molecule has 0 saturated carbocycles. The quantitative estimate of drug-likeness (QED) is 0.668. The van der Waals surface area contributed by atoms with Crippen LogP contribution in [0, 0.1) is 0 Å². The van der Waals surface area contributed by atoms with E-state index in [0.29, 0.717) is 24.9 Å². The van der Waals surface area contributed by atoms with Gasteiger partial charge in [-0.25, -0.2) is 8.42 Å². The van der Waals surface area contributed by atoms with Gasteiger partial charge in [0.2, 0.25) is 5.91 Å². The second-order valence-electron chi connectivity index (χ2n) is 4.93. The molecule has 122 valence electrons. The maximum absolute atomic E-state index is 11.8. The Balaban J connectivity index is 2.48. The highest BCUT2D eigenvalue weighted by Crippen LogP contribution is 2.13. The van der Waals surface area contributed by atoms with Crippen LogP contribution in [0.15, 0.2) is 29.2 Å². The Morgan fingerprint density at radius 3 is 2.59 bits per heavy atom. The summed E-state index contributed by atoms with van der Waals surface area (Å²) in [4.78, 5) is 22.3. The third-order valence-corrected chi connectivity index (χ3v) is 4.87. The molecule has 22 heavy (non-hydrogen) atoms. The van der Waals surface area contributed by atoms with Crippen LogP contribution in [0.3, 0.4) is 0 Å². The van der Waals surface area contributed by atoms with Gasteiger partial charge in [0.05, 0.1) is 17.1 Å². The molecule has 0 aromatic heterocycles. The number of benzene rings is 1. The fourth-order valence-corrected chi connectivity index (χ4v) is 2.84. The van der Waals surface area contributed by atoms with Crippen molar-refractivity contribution in [1.82, 2.24) is 5.32 Å². The van der Waals surface area contributed by atoms with Gasteiger partial charge >= 0.3 is 5.97 Å². The van der Waals surface area contributed by atoms with Gasteiger partial charge in [-0.2, -0.15) is 0 Å². The molecule has 1 rings (SSSR count). The van der Waals surface area contributed by atoms with Crippen molar-refractivity contribution in [3.8, 4) is 0 Å². The monoisotopic (exact) mass is 327 g/mol. The molecule has 6 nitrogen and oxygen atoms in total. The molecule has 1 aromatic carbocycles. The number of rotatable bonds is 9. The standard InChI is InChI=1S/C15H21NO5S/c1-2-22(20,21)13-7-5-6-12(10-13)11-14(17)16-9-4-3-8-15(18)19/h5-7,10H,2-4,8-9,11H2,1H3,(H,16,17)(H,18,19). The molecule has 0 aliphatic rings. The maximum Gasteiger partial charge on any atom is 0.303 e. The number of carbonyl (C=O) groups excluding carboxylic acids is 1. The minimum absolute atomic E-state index is 0.0201. The Labute approximate surface area is 130 Å². The maximum atomic E-state index is 11.8. The molecular weight excluding hydrogens is 306 g/mol. The summed E-state index contributed by atoms with van der Waals surface area (Å²) in [5.74, 6) is -1.03. The van der Waals surface area contributed by atoms with E-state index in [9.17, 15) is 18.0 Å². The van der Waals surface area contributed by atoms with Crippen molar-refractivity contribution in [2.75, 3.05) is 12.3 Å². The lowest BCUT2D eigenvalue weighted by molar-refractivity contribution is -0.137. The summed E-state index contributed by atoms with van der Waals surface area (Å²) in [5.41, 5.74) is 0.637. The summed E-state index contributed by atoms with van der Waals surface area (Å²) in [6.07, 6.45) is 1.31. The van der Waals surface area contributed by atoms with Crippen molar-refractivity contribution < 1.29 is 23.1 Å². The zero-order valence-electron chi connectivity index (χ0n) is 12.5. The number of carboxylic acid groups (broad SMARTS) is 1. The first-order chi connectivity index (χ1) is 10.3. The Bertz CT molecular complexity index is 625. The van der Waals surface area contributed by atoms with Crippen molar-refractivity contribution in [1.29, 1.82) is 0 Å². The molecule has 0 atom stereocenters. The van der Waals surface area contributed by atoms with Crippen LogP contribution >= 0.6 is 0 Å². The molecule has 0 heterocycles. The summed E-state index contributed by atoms with van der Waals surface area (Å²) in [6.45, 7) is 1.99. The topological polar surface area (TPSA) is 101 Å². The highest BCUT2D eigenvalue weighted by molar-refractivity contribution is 7.91. The molecule has 0 fully saturated rings. The molecular formula is C15H21NO5S. The van der Waals surface area contributed by atoms with E-state index in [2.05, 4.69) is 5.32 Å². The molecule has 2 N–H and O–H groups in total. The molecule has 1 amide bonds. The molecule has 0 saturated heterocycles. The van der Waals surface area contributed by atoms with Gasteiger partial charge in [-0.1, -0.05) is 19.1 Å². The molecule has 7 heteroatoms. The molecule has 0 radical (unpaired) electrons. The minimum Gasteiger partial charge on any atom is -0.481 e. The largest absolute Gasteiger partial charge is 0.481 e. The van der Waals surface area contributed by atoms with E-state index >= 15 is 0 Å². The summed E-state index contributed by atoms with van der Waals surface area (Å²) < 4.78 is 23.6. The highest BCUT2D eigenvalue weighted by atomic mass is 32.2. The average molecular weight is 327 g/mol. The molecule has 1 aromatic rings. The van der Waals surface area contributed by atoms with Gasteiger partial charge in [-0.05, 0) is 30.5 Å². The Morgan fingerprint density at radius 2 is 1.95 bits per heavy atom. The number of carboxylic acids is 1.